The van der Waals surface area contributed by atoms with Crippen molar-refractivity contribution in [3.63, 3.8) is 0 Å². The first kappa shape index (κ1) is 44.1. The van der Waals surface area contributed by atoms with E-state index < -0.39 is 10.8 Å². The zero-order chi connectivity index (χ0) is 52.9. The molecule has 3 heteroatoms. The number of halogens is 1. The van der Waals surface area contributed by atoms with Crippen LogP contribution in [0.2, 0.25) is 0 Å². The third-order valence-electron chi connectivity index (χ3n) is 19.0. The molecule has 0 N–H and O–H groups in total. The van der Waals surface area contributed by atoms with E-state index in [9.17, 15) is 0 Å². The summed E-state index contributed by atoms with van der Waals surface area (Å²) in [6.45, 7) is 0. The maximum Gasteiger partial charge on any atom is 0.144 e. The summed E-state index contributed by atoms with van der Waals surface area (Å²) in [5, 5.41) is 14.9. The van der Waals surface area contributed by atoms with Crippen molar-refractivity contribution in [2.45, 2.75) is 10.8 Å². The van der Waals surface area contributed by atoms with Crippen molar-refractivity contribution in [3.8, 4) is 44.5 Å². The van der Waals surface area contributed by atoms with Crippen molar-refractivity contribution >= 4 is 103 Å². The van der Waals surface area contributed by atoms with Gasteiger partial charge in [-0.25, -0.2) is 0 Å². The van der Waals surface area contributed by atoms with Crippen LogP contribution in [0.3, 0.4) is 0 Å². The predicted octanol–water partition coefficient (Wildman–Crippen LogP) is 21.2. The van der Waals surface area contributed by atoms with E-state index in [0.29, 0.717) is 0 Å². The van der Waals surface area contributed by atoms with Crippen LogP contribution in [0.15, 0.2) is 274 Å². The lowest BCUT2D eigenvalue weighted by Crippen LogP contribution is -2.26. The zero-order valence-corrected chi connectivity index (χ0v) is 45.1. The average molecular weight is 1090 g/mol. The molecule has 0 atom stereocenters. The summed E-state index contributed by atoms with van der Waals surface area (Å²) in [6.07, 6.45) is 0. The predicted molar refractivity (Wildman–Crippen MR) is 338 cm³/mol. The molecule has 4 aliphatic carbocycles. The van der Waals surface area contributed by atoms with Crippen molar-refractivity contribution in [2.24, 2.45) is 0 Å². The van der Waals surface area contributed by atoms with E-state index >= 15 is 0 Å². The fraction of sp³-hybridized carbons (Fsp3) is 0.0256. The molecule has 2 heterocycles. The highest BCUT2D eigenvalue weighted by Crippen LogP contribution is 2.69. The zero-order valence-electron chi connectivity index (χ0n) is 43.5. The molecule has 0 saturated carbocycles. The second kappa shape index (κ2) is 15.7. The standard InChI is InChI=1S/C39H21BrO.C39H22O/c40-32-21-31-36(38-34(32)28-17-7-10-20-33(28)41-38)35-26-15-3-1-11-22(26)23-12-2-4-16-27(23)37(35)39(31)29-18-8-5-13-24(29)25-14-6-9-19-30(25)39;1-3-16-28-23(11-1)24-12-2-4-17-29(24)37-35(28)36-33(22-21-30-27-15-7-10-20-34(27)40-38(30)36)39(37)31-18-8-5-13-25(31)26-14-6-9-19-32(26)39/h1-21H;1-22H. The van der Waals surface area contributed by atoms with Gasteiger partial charge < -0.3 is 8.83 Å². The van der Waals surface area contributed by atoms with Gasteiger partial charge in [-0.05, 0) is 139 Å². The van der Waals surface area contributed by atoms with Crippen LogP contribution in [0.4, 0.5) is 0 Å². The van der Waals surface area contributed by atoms with Gasteiger partial charge in [0, 0.05) is 37.1 Å². The van der Waals surface area contributed by atoms with Gasteiger partial charge in [0.25, 0.3) is 0 Å². The highest BCUT2D eigenvalue weighted by Gasteiger charge is 2.56. The van der Waals surface area contributed by atoms with Crippen LogP contribution in [0.25, 0.3) is 131 Å². The molecule has 0 bridgehead atoms. The molecule has 0 fully saturated rings. The molecule has 0 aliphatic heterocycles. The smallest absolute Gasteiger partial charge is 0.144 e. The van der Waals surface area contributed by atoms with Crippen molar-refractivity contribution in [2.75, 3.05) is 0 Å². The Labute approximate surface area is 473 Å². The molecular formula is C78H43BrO2. The summed E-state index contributed by atoms with van der Waals surface area (Å²) < 4.78 is 14.7. The third kappa shape index (κ3) is 5.26. The van der Waals surface area contributed by atoms with E-state index in [1.807, 2.05) is 0 Å². The SMILES string of the molecule is Brc1cc2c(c3oc4ccccc4c13)-c1c(c3ccccc3c3ccccc13)C21c2ccccc2-c2ccccc21.c1ccc2c(c1)-c1ccccc1C21c2ccc3c(oc4ccccc43)c2-c2c1c1ccccc1c1ccccc21. The van der Waals surface area contributed by atoms with Gasteiger partial charge in [0.05, 0.1) is 10.8 Å². The van der Waals surface area contributed by atoms with Crippen molar-refractivity contribution in [3.05, 3.63) is 310 Å². The Bertz CT molecular complexity index is 5430. The fourth-order valence-corrected chi connectivity index (χ4v) is 16.8. The second-order valence-electron chi connectivity index (χ2n) is 22.4. The maximum absolute atomic E-state index is 6.84. The Kier molecular flexibility index (Phi) is 8.56. The van der Waals surface area contributed by atoms with Crippen LogP contribution < -0.4 is 0 Å². The second-order valence-corrected chi connectivity index (χ2v) is 23.3. The molecule has 0 radical (unpaired) electrons. The first-order chi connectivity index (χ1) is 40.2. The Hall–Kier alpha value is -9.80. The fourth-order valence-electron chi connectivity index (χ4n) is 16.2. The molecule has 0 unspecified atom stereocenters. The van der Waals surface area contributed by atoms with Gasteiger partial charge in [-0.15, -0.1) is 0 Å². The molecule has 16 aromatic rings. The molecule has 2 spiro atoms. The van der Waals surface area contributed by atoms with Gasteiger partial charge in [0.15, 0.2) is 0 Å². The lowest BCUT2D eigenvalue weighted by Gasteiger charge is -2.31. The van der Waals surface area contributed by atoms with Crippen molar-refractivity contribution in [1.82, 2.24) is 0 Å². The summed E-state index contributed by atoms with van der Waals surface area (Å²) in [6, 6.07) is 95.7. The van der Waals surface area contributed by atoms with Gasteiger partial charge in [0.1, 0.15) is 22.3 Å². The summed E-state index contributed by atoms with van der Waals surface area (Å²) >= 11 is 4.05. The summed E-state index contributed by atoms with van der Waals surface area (Å²) in [4.78, 5) is 0. The number of benzene rings is 14. The molecular weight excluding hydrogens is 1050 g/mol. The topological polar surface area (TPSA) is 26.3 Å². The Morgan fingerprint density at radius 3 is 1.09 bits per heavy atom. The molecule has 14 aromatic carbocycles. The first-order valence-electron chi connectivity index (χ1n) is 28.0. The molecule has 0 saturated heterocycles. The average Bonchev–Trinajstić information content (AvgIpc) is 1.85. The molecule has 20 rings (SSSR count). The lowest BCUT2D eigenvalue weighted by atomic mass is 9.69. The van der Waals surface area contributed by atoms with Crippen LogP contribution in [-0.4, -0.2) is 0 Å². The molecule has 4 aliphatic rings. The minimum atomic E-state index is -0.475. The van der Waals surface area contributed by atoms with Gasteiger partial charge in [-0.2, -0.15) is 0 Å². The van der Waals surface area contributed by atoms with Gasteiger partial charge in [-0.3, -0.25) is 0 Å². The minimum absolute atomic E-state index is 0.436. The maximum atomic E-state index is 6.84. The largest absolute Gasteiger partial charge is 0.455 e. The highest BCUT2D eigenvalue weighted by molar-refractivity contribution is 9.10. The Morgan fingerprint density at radius 2 is 0.593 bits per heavy atom. The van der Waals surface area contributed by atoms with E-state index in [2.05, 4.69) is 277 Å². The summed E-state index contributed by atoms with van der Waals surface area (Å²) in [7, 11) is 0. The number of para-hydroxylation sites is 2. The Balaban J connectivity index is 0.000000121. The number of hydrogen-bond acceptors (Lipinski definition) is 2. The van der Waals surface area contributed by atoms with Crippen LogP contribution in [-0.2, 0) is 10.8 Å². The van der Waals surface area contributed by atoms with Crippen LogP contribution in [0.1, 0.15) is 44.5 Å². The van der Waals surface area contributed by atoms with Crippen molar-refractivity contribution < 1.29 is 8.83 Å². The summed E-state index contributed by atoms with van der Waals surface area (Å²) in [5.74, 6) is 0. The van der Waals surface area contributed by atoms with E-state index in [0.717, 1.165) is 37.6 Å². The third-order valence-corrected chi connectivity index (χ3v) is 19.6. The van der Waals surface area contributed by atoms with E-state index in [1.54, 1.807) is 0 Å². The number of fused-ring (bicyclic) bond motifs is 38. The lowest BCUT2D eigenvalue weighted by molar-refractivity contribution is 0.668. The van der Waals surface area contributed by atoms with Crippen molar-refractivity contribution in [1.29, 1.82) is 0 Å². The number of hydrogen-bond donors (Lipinski definition) is 0. The van der Waals surface area contributed by atoms with Crippen LogP contribution in [0, 0.1) is 0 Å². The minimum Gasteiger partial charge on any atom is -0.455 e. The van der Waals surface area contributed by atoms with Gasteiger partial charge >= 0.3 is 0 Å². The normalized spacial score (nSPS) is 14.2. The molecule has 374 valence electrons. The highest BCUT2D eigenvalue weighted by atomic mass is 79.9. The molecule has 0 amide bonds. The quantitative estimate of drug-likeness (QED) is 0.142. The number of rotatable bonds is 0. The summed E-state index contributed by atoms with van der Waals surface area (Å²) in [5.41, 5.74) is 23.9. The van der Waals surface area contributed by atoms with E-state index in [1.165, 1.54) is 143 Å². The molecule has 2 nitrogen and oxygen atoms in total. The van der Waals surface area contributed by atoms with Gasteiger partial charge in [-0.1, -0.05) is 259 Å². The first-order valence-corrected chi connectivity index (χ1v) is 28.8. The monoisotopic (exact) mass is 1090 g/mol. The van der Waals surface area contributed by atoms with E-state index in [-0.39, 0.29) is 0 Å². The van der Waals surface area contributed by atoms with Gasteiger partial charge in [0.2, 0.25) is 0 Å². The van der Waals surface area contributed by atoms with Crippen LogP contribution >= 0.6 is 15.9 Å². The van der Waals surface area contributed by atoms with Crippen LogP contribution in [0.5, 0.6) is 0 Å². The molecule has 2 aromatic heterocycles. The van der Waals surface area contributed by atoms with E-state index in [4.69, 9.17) is 8.83 Å². The molecule has 81 heavy (non-hydrogen) atoms. The number of furan rings is 2. The Morgan fingerprint density at radius 1 is 0.247 bits per heavy atom.